The maximum absolute atomic E-state index is 13.2. The summed E-state index contributed by atoms with van der Waals surface area (Å²) in [5, 5.41) is 2.82. The molecule has 1 unspecified atom stereocenters. The number of rotatable bonds is 3. The van der Waals surface area contributed by atoms with Crippen LogP contribution in [0.1, 0.15) is 23.7 Å². The fraction of sp³-hybridized carbons (Fsp3) is 0.286. The van der Waals surface area contributed by atoms with Crippen molar-refractivity contribution in [3.8, 4) is 11.5 Å². The molecule has 8 heteroatoms. The topological polar surface area (TPSA) is 85.2 Å². The number of fused-ring (bicyclic) bond motifs is 2. The van der Waals surface area contributed by atoms with Gasteiger partial charge in [-0.05, 0) is 43.2 Å². The van der Waals surface area contributed by atoms with Crippen molar-refractivity contribution in [2.24, 2.45) is 0 Å². The first-order valence-electron chi connectivity index (χ1n) is 9.42. The van der Waals surface area contributed by atoms with Gasteiger partial charge in [0.05, 0.1) is 12.2 Å². The van der Waals surface area contributed by atoms with E-state index in [1.165, 1.54) is 4.90 Å². The van der Waals surface area contributed by atoms with Gasteiger partial charge in [-0.3, -0.25) is 9.69 Å². The fourth-order valence-corrected chi connectivity index (χ4v) is 3.78. The predicted molar refractivity (Wildman–Crippen MR) is 104 cm³/mol. The molecule has 3 aromatic rings. The number of urea groups is 1. The zero-order valence-electron chi connectivity index (χ0n) is 16.1. The maximum atomic E-state index is 13.2. The molecule has 1 N–H and O–H groups in total. The summed E-state index contributed by atoms with van der Waals surface area (Å²) in [6.07, 6.45) is 3.79. The second-order valence-electron chi connectivity index (χ2n) is 7.51. The second kappa shape index (κ2) is 6.23. The Kier molecular flexibility index (Phi) is 3.77. The van der Waals surface area contributed by atoms with E-state index in [2.05, 4.69) is 10.3 Å². The Morgan fingerprint density at radius 2 is 1.90 bits per heavy atom. The molecule has 148 valence electrons. The number of imidazole rings is 1. The van der Waals surface area contributed by atoms with Gasteiger partial charge in [0.2, 0.25) is 0 Å². The van der Waals surface area contributed by atoms with Crippen molar-refractivity contribution < 1.29 is 19.1 Å². The Morgan fingerprint density at radius 1 is 1.10 bits per heavy atom. The van der Waals surface area contributed by atoms with Gasteiger partial charge in [-0.15, -0.1) is 0 Å². The van der Waals surface area contributed by atoms with Crippen LogP contribution in [-0.4, -0.2) is 39.4 Å². The summed E-state index contributed by atoms with van der Waals surface area (Å²) in [7, 11) is 0. The Labute approximate surface area is 167 Å². The van der Waals surface area contributed by atoms with E-state index in [9.17, 15) is 9.59 Å². The normalized spacial score (nSPS) is 21.0. The lowest BCUT2D eigenvalue weighted by molar-refractivity contribution is -0.131. The van der Waals surface area contributed by atoms with Crippen molar-refractivity contribution in [3.63, 3.8) is 0 Å². The van der Waals surface area contributed by atoms with Gasteiger partial charge in [-0.25, -0.2) is 9.78 Å². The van der Waals surface area contributed by atoms with E-state index < -0.39 is 11.6 Å². The number of imide groups is 1. The van der Waals surface area contributed by atoms with Crippen LogP contribution in [0.15, 0.2) is 42.7 Å². The second-order valence-corrected chi connectivity index (χ2v) is 7.51. The fourth-order valence-electron chi connectivity index (χ4n) is 3.78. The standard InChI is InChI=1S/C21H20N4O4/c1-13-3-6-18-22-15(11-24(18)10-13)12-25-19(26)21(2,23-20(25)27)14-4-5-16-17(9-14)29-8-7-28-16/h3-6,9-11H,7-8,12H2,1-2H3,(H,23,27). The summed E-state index contributed by atoms with van der Waals surface area (Å²) in [6, 6.07) is 8.73. The van der Waals surface area contributed by atoms with Crippen LogP contribution in [0.2, 0.25) is 0 Å². The Hall–Kier alpha value is -3.55. The van der Waals surface area contributed by atoms with Crippen molar-refractivity contribution in [2.75, 3.05) is 13.2 Å². The number of carbonyl (C=O) groups excluding carboxylic acids is 2. The third-order valence-electron chi connectivity index (χ3n) is 5.36. The van der Waals surface area contributed by atoms with Gasteiger partial charge in [0.1, 0.15) is 24.4 Å². The third-order valence-corrected chi connectivity index (χ3v) is 5.36. The summed E-state index contributed by atoms with van der Waals surface area (Å²) in [6.45, 7) is 4.74. The molecule has 8 nitrogen and oxygen atoms in total. The number of ether oxygens (including phenoxy) is 2. The van der Waals surface area contributed by atoms with Crippen molar-refractivity contribution in [3.05, 3.63) is 59.5 Å². The van der Waals surface area contributed by atoms with Crippen LogP contribution in [0, 0.1) is 6.92 Å². The average molecular weight is 392 g/mol. The van der Waals surface area contributed by atoms with E-state index in [0.717, 1.165) is 11.2 Å². The van der Waals surface area contributed by atoms with Crippen molar-refractivity contribution >= 4 is 17.6 Å². The molecular weight excluding hydrogens is 372 g/mol. The van der Waals surface area contributed by atoms with Gasteiger partial charge in [-0.1, -0.05) is 12.1 Å². The highest BCUT2D eigenvalue weighted by Gasteiger charge is 2.49. The number of hydrogen-bond acceptors (Lipinski definition) is 5. The summed E-state index contributed by atoms with van der Waals surface area (Å²) >= 11 is 0. The molecule has 3 amide bonds. The number of benzene rings is 1. The molecule has 2 aliphatic heterocycles. The molecule has 0 aliphatic carbocycles. The minimum atomic E-state index is -1.18. The number of pyridine rings is 1. The average Bonchev–Trinajstić information content (AvgIpc) is 3.21. The largest absolute Gasteiger partial charge is 0.486 e. The van der Waals surface area contributed by atoms with Gasteiger partial charge in [0.15, 0.2) is 11.5 Å². The molecule has 0 spiro atoms. The van der Waals surface area contributed by atoms with E-state index in [4.69, 9.17) is 9.47 Å². The van der Waals surface area contributed by atoms with Crippen LogP contribution in [0.4, 0.5) is 4.79 Å². The van der Waals surface area contributed by atoms with Crippen LogP contribution in [-0.2, 0) is 16.9 Å². The van der Waals surface area contributed by atoms with Crippen molar-refractivity contribution in [1.29, 1.82) is 0 Å². The van der Waals surface area contributed by atoms with Crippen LogP contribution in [0.25, 0.3) is 5.65 Å². The number of nitrogens with one attached hydrogen (secondary N) is 1. The number of nitrogens with zero attached hydrogens (tertiary/aromatic N) is 3. The minimum absolute atomic E-state index is 0.103. The van der Waals surface area contributed by atoms with E-state index in [1.807, 2.05) is 35.9 Å². The molecule has 29 heavy (non-hydrogen) atoms. The number of amides is 3. The highest BCUT2D eigenvalue weighted by atomic mass is 16.6. The highest BCUT2D eigenvalue weighted by molar-refractivity contribution is 6.07. The minimum Gasteiger partial charge on any atom is -0.486 e. The third kappa shape index (κ3) is 2.79. The van der Waals surface area contributed by atoms with Crippen molar-refractivity contribution in [2.45, 2.75) is 25.9 Å². The molecule has 1 atom stereocenters. The van der Waals surface area contributed by atoms with Gasteiger partial charge < -0.3 is 19.2 Å². The highest BCUT2D eigenvalue weighted by Crippen LogP contribution is 2.37. The molecule has 1 saturated heterocycles. The van der Waals surface area contributed by atoms with Crippen LogP contribution >= 0.6 is 0 Å². The lowest BCUT2D eigenvalue weighted by Crippen LogP contribution is -2.41. The molecule has 4 heterocycles. The molecular formula is C21H20N4O4. The smallest absolute Gasteiger partial charge is 0.325 e. The SMILES string of the molecule is Cc1ccc2nc(CN3C(=O)NC(C)(c4ccc5c(c4)OCCO5)C3=O)cn2c1. The van der Waals surface area contributed by atoms with Crippen LogP contribution < -0.4 is 14.8 Å². The molecule has 0 bridgehead atoms. The van der Waals surface area contributed by atoms with E-state index in [0.29, 0.717) is 36.0 Å². The zero-order chi connectivity index (χ0) is 20.2. The first-order valence-corrected chi connectivity index (χ1v) is 9.42. The molecule has 1 fully saturated rings. The number of hydrogen-bond donors (Lipinski definition) is 1. The van der Waals surface area contributed by atoms with Crippen LogP contribution in [0.5, 0.6) is 11.5 Å². The predicted octanol–water partition coefficient (Wildman–Crippen LogP) is 2.38. The number of carbonyl (C=O) groups is 2. The summed E-state index contributed by atoms with van der Waals surface area (Å²) in [5.74, 6) is 0.885. The zero-order valence-corrected chi connectivity index (χ0v) is 16.1. The Bertz CT molecular complexity index is 1150. The lowest BCUT2D eigenvalue weighted by Gasteiger charge is -2.25. The molecule has 2 aromatic heterocycles. The maximum Gasteiger partial charge on any atom is 0.325 e. The number of aromatic nitrogens is 2. The first kappa shape index (κ1) is 17.5. The molecule has 1 aromatic carbocycles. The van der Waals surface area contributed by atoms with Gasteiger partial charge in [0, 0.05) is 12.4 Å². The van der Waals surface area contributed by atoms with Crippen LogP contribution in [0.3, 0.4) is 0 Å². The Balaban J connectivity index is 1.44. The molecule has 0 saturated carbocycles. The van der Waals surface area contributed by atoms with Crippen molar-refractivity contribution in [1.82, 2.24) is 19.6 Å². The van der Waals surface area contributed by atoms with Gasteiger partial charge in [0.25, 0.3) is 5.91 Å². The van der Waals surface area contributed by atoms with E-state index in [1.54, 1.807) is 25.1 Å². The first-order chi connectivity index (χ1) is 13.9. The summed E-state index contributed by atoms with van der Waals surface area (Å²) < 4.78 is 13.1. The summed E-state index contributed by atoms with van der Waals surface area (Å²) in [4.78, 5) is 31.6. The monoisotopic (exact) mass is 392 g/mol. The molecule has 2 aliphatic rings. The molecule has 5 rings (SSSR count). The quantitative estimate of drug-likeness (QED) is 0.692. The lowest BCUT2D eigenvalue weighted by atomic mass is 9.91. The van der Waals surface area contributed by atoms with Gasteiger partial charge >= 0.3 is 6.03 Å². The van der Waals surface area contributed by atoms with E-state index in [-0.39, 0.29) is 12.5 Å². The van der Waals surface area contributed by atoms with E-state index >= 15 is 0 Å². The Morgan fingerprint density at radius 3 is 2.72 bits per heavy atom. The summed E-state index contributed by atoms with van der Waals surface area (Å²) in [5.41, 5.74) is 1.98. The number of aryl methyl sites for hydroxylation is 1. The molecule has 0 radical (unpaired) electrons. The van der Waals surface area contributed by atoms with Gasteiger partial charge in [-0.2, -0.15) is 0 Å².